The van der Waals surface area contributed by atoms with E-state index in [4.69, 9.17) is 5.73 Å². The van der Waals surface area contributed by atoms with Gasteiger partial charge in [0.1, 0.15) is 16.7 Å². The first-order valence-electron chi connectivity index (χ1n) is 5.15. The standard InChI is InChI=1S/C12H15N3S/c1-8-4-3-5-10(6-8)7-16-12-11(13)14-9(2)15-12/h3-6H,7,13H2,1-2H3,(H,14,15). The van der Waals surface area contributed by atoms with Gasteiger partial charge in [0.15, 0.2) is 0 Å². The van der Waals surface area contributed by atoms with Gasteiger partial charge < -0.3 is 10.7 Å². The Balaban J connectivity index is 2.05. The van der Waals surface area contributed by atoms with Crippen LogP contribution in [0.15, 0.2) is 29.3 Å². The fraction of sp³-hybridized carbons (Fsp3) is 0.250. The van der Waals surface area contributed by atoms with E-state index in [9.17, 15) is 0 Å². The Hall–Kier alpha value is -1.42. The van der Waals surface area contributed by atoms with Crippen LogP contribution in [-0.4, -0.2) is 9.97 Å². The molecule has 0 aliphatic heterocycles. The molecular weight excluding hydrogens is 218 g/mol. The second kappa shape index (κ2) is 4.61. The van der Waals surface area contributed by atoms with E-state index in [0.717, 1.165) is 16.6 Å². The molecule has 1 heterocycles. The van der Waals surface area contributed by atoms with Crippen molar-refractivity contribution in [1.29, 1.82) is 0 Å². The van der Waals surface area contributed by atoms with E-state index in [1.165, 1.54) is 11.1 Å². The molecule has 0 saturated heterocycles. The number of nitrogen functional groups attached to an aromatic ring is 1. The lowest BCUT2D eigenvalue weighted by molar-refractivity contribution is 1.10. The predicted octanol–water partition coefficient (Wildman–Crippen LogP) is 2.90. The number of nitrogens with zero attached hydrogens (tertiary/aromatic N) is 1. The van der Waals surface area contributed by atoms with Crippen molar-refractivity contribution in [2.45, 2.75) is 24.6 Å². The quantitative estimate of drug-likeness (QED) is 0.801. The monoisotopic (exact) mass is 233 g/mol. The zero-order valence-corrected chi connectivity index (χ0v) is 10.3. The molecule has 2 rings (SSSR count). The Bertz CT molecular complexity index is 491. The van der Waals surface area contributed by atoms with Gasteiger partial charge in [-0.15, -0.1) is 0 Å². The number of hydrogen-bond donors (Lipinski definition) is 2. The normalized spacial score (nSPS) is 10.6. The lowest BCUT2D eigenvalue weighted by atomic mass is 10.2. The van der Waals surface area contributed by atoms with Crippen LogP contribution in [0.4, 0.5) is 5.82 Å². The van der Waals surface area contributed by atoms with Gasteiger partial charge in [-0.2, -0.15) is 0 Å². The highest BCUT2D eigenvalue weighted by Crippen LogP contribution is 2.25. The summed E-state index contributed by atoms with van der Waals surface area (Å²) < 4.78 is 0. The molecule has 0 aliphatic rings. The van der Waals surface area contributed by atoms with Crippen LogP contribution in [0, 0.1) is 13.8 Å². The van der Waals surface area contributed by atoms with Gasteiger partial charge in [0.25, 0.3) is 0 Å². The molecule has 1 aromatic carbocycles. The molecular formula is C12H15N3S. The molecule has 0 bridgehead atoms. The van der Waals surface area contributed by atoms with Gasteiger partial charge in [-0.3, -0.25) is 0 Å². The second-order valence-corrected chi connectivity index (χ2v) is 4.78. The van der Waals surface area contributed by atoms with Crippen molar-refractivity contribution < 1.29 is 0 Å². The van der Waals surface area contributed by atoms with Crippen molar-refractivity contribution >= 4 is 17.6 Å². The summed E-state index contributed by atoms with van der Waals surface area (Å²) in [6, 6.07) is 8.48. The molecule has 0 saturated carbocycles. The summed E-state index contributed by atoms with van der Waals surface area (Å²) in [7, 11) is 0. The number of thioether (sulfide) groups is 1. The van der Waals surface area contributed by atoms with Crippen LogP contribution in [0.2, 0.25) is 0 Å². The summed E-state index contributed by atoms with van der Waals surface area (Å²) in [4.78, 5) is 7.33. The maximum atomic E-state index is 5.80. The fourth-order valence-corrected chi connectivity index (χ4v) is 2.44. The van der Waals surface area contributed by atoms with Crippen molar-refractivity contribution in [3.8, 4) is 0 Å². The lowest BCUT2D eigenvalue weighted by Gasteiger charge is -2.01. The molecule has 16 heavy (non-hydrogen) atoms. The minimum absolute atomic E-state index is 0.662. The molecule has 0 atom stereocenters. The zero-order valence-electron chi connectivity index (χ0n) is 9.45. The van der Waals surface area contributed by atoms with E-state index >= 15 is 0 Å². The van der Waals surface area contributed by atoms with Crippen LogP contribution in [0.25, 0.3) is 0 Å². The molecule has 3 N–H and O–H groups in total. The molecule has 0 unspecified atom stereocenters. The van der Waals surface area contributed by atoms with Crippen molar-refractivity contribution in [3.05, 3.63) is 41.2 Å². The number of hydrogen-bond acceptors (Lipinski definition) is 3. The number of H-pyrrole nitrogens is 1. The third-order valence-electron chi connectivity index (χ3n) is 2.27. The van der Waals surface area contributed by atoms with Gasteiger partial charge in [0.05, 0.1) is 0 Å². The summed E-state index contributed by atoms with van der Waals surface area (Å²) in [5.41, 5.74) is 8.37. The molecule has 0 amide bonds. The number of aryl methyl sites for hydroxylation is 2. The van der Waals surface area contributed by atoms with Gasteiger partial charge in [0.2, 0.25) is 0 Å². The van der Waals surface area contributed by atoms with E-state index in [1.54, 1.807) is 11.8 Å². The predicted molar refractivity (Wildman–Crippen MR) is 68.5 cm³/mol. The Labute approximate surface area is 99.5 Å². The number of benzene rings is 1. The molecule has 0 aliphatic carbocycles. The maximum Gasteiger partial charge on any atom is 0.139 e. The number of rotatable bonds is 3. The molecule has 0 fully saturated rings. The van der Waals surface area contributed by atoms with Crippen molar-refractivity contribution in [1.82, 2.24) is 9.97 Å². The van der Waals surface area contributed by atoms with Gasteiger partial charge in [-0.25, -0.2) is 4.98 Å². The topological polar surface area (TPSA) is 54.7 Å². The van der Waals surface area contributed by atoms with Crippen molar-refractivity contribution in [2.75, 3.05) is 5.73 Å². The smallest absolute Gasteiger partial charge is 0.139 e. The Morgan fingerprint density at radius 2 is 2.19 bits per heavy atom. The number of imidazole rings is 1. The highest BCUT2D eigenvalue weighted by molar-refractivity contribution is 7.98. The van der Waals surface area contributed by atoms with Crippen LogP contribution in [-0.2, 0) is 5.75 Å². The largest absolute Gasteiger partial charge is 0.383 e. The summed E-state index contributed by atoms with van der Waals surface area (Å²) in [5, 5.41) is 0.888. The molecule has 1 aromatic heterocycles. The third-order valence-corrected chi connectivity index (χ3v) is 3.34. The summed E-state index contributed by atoms with van der Waals surface area (Å²) >= 11 is 1.66. The SMILES string of the molecule is Cc1cccc(CSc2nc(C)[nH]c2N)c1. The van der Waals surface area contributed by atoms with Crippen LogP contribution >= 0.6 is 11.8 Å². The van der Waals surface area contributed by atoms with Gasteiger partial charge in [0, 0.05) is 5.75 Å². The molecule has 0 radical (unpaired) electrons. The average Bonchev–Trinajstić information content (AvgIpc) is 2.54. The van der Waals surface area contributed by atoms with E-state index < -0.39 is 0 Å². The second-order valence-electron chi connectivity index (χ2n) is 3.82. The van der Waals surface area contributed by atoms with Crippen molar-refractivity contribution in [2.24, 2.45) is 0 Å². The van der Waals surface area contributed by atoms with Crippen molar-refractivity contribution in [3.63, 3.8) is 0 Å². The number of nitrogens with two attached hydrogens (primary N) is 1. The molecule has 0 spiro atoms. The fourth-order valence-electron chi connectivity index (χ4n) is 1.55. The van der Waals surface area contributed by atoms with Gasteiger partial charge in [-0.05, 0) is 19.4 Å². The zero-order chi connectivity index (χ0) is 11.5. The molecule has 2 aromatic rings. The summed E-state index contributed by atoms with van der Waals surface area (Å²) in [6.07, 6.45) is 0. The molecule has 3 nitrogen and oxygen atoms in total. The molecule has 4 heteroatoms. The van der Waals surface area contributed by atoms with Crippen LogP contribution < -0.4 is 5.73 Å². The summed E-state index contributed by atoms with van der Waals surface area (Å²) in [6.45, 7) is 4.01. The summed E-state index contributed by atoms with van der Waals surface area (Å²) in [5.74, 6) is 2.43. The highest BCUT2D eigenvalue weighted by atomic mass is 32.2. The number of aromatic amines is 1. The maximum absolute atomic E-state index is 5.80. The van der Waals surface area contributed by atoms with E-state index in [0.29, 0.717) is 5.82 Å². The lowest BCUT2D eigenvalue weighted by Crippen LogP contribution is -1.87. The van der Waals surface area contributed by atoms with E-state index in [1.807, 2.05) is 6.92 Å². The first kappa shape index (κ1) is 11.1. The first-order valence-corrected chi connectivity index (χ1v) is 6.14. The highest BCUT2D eigenvalue weighted by Gasteiger charge is 2.05. The van der Waals surface area contributed by atoms with E-state index in [2.05, 4.69) is 41.2 Å². The minimum atomic E-state index is 0.662. The number of nitrogens with one attached hydrogen (secondary N) is 1. The number of aromatic nitrogens is 2. The Morgan fingerprint density at radius 1 is 1.38 bits per heavy atom. The Kier molecular flexibility index (Phi) is 3.19. The van der Waals surface area contributed by atoms with Gasteiger partial charge >= 0.3 is 0 Å². The third kappa shape index (κ3) is 2.58. The number of anilines is 1. The Morgan fingerprint density at radius 3 is 2.81 bits per heavy atom. The van der Waals surface area contributed by atoms with Crippen LogP contribution in [0.5, 0.6) is 0 Å². The van der Waals surface area contributed by atoms with Crippen LogP contribution in [0.3, 0.4) is 0 Å². The first-order chi connectivity index (χ1) is 7.65. The average molecular weight is 233 g/mol. The molecule has 84 valence electrons. The minimum Gasteiger partial charge on any atom is -0.383 e. The van der Waals surface area contributed by atoms with Crippen LogP contribution in [0.1, 0.15) is 17.0 Å². The van der Waals surface area contributed by atoms with E-state index in [-0.39, 0.29) is 0 Å². The van der Waals surface area contributed by atoms with Gasteiger partial charge in [-0.1, -0.05) is 41.6 Å².